The quantitative estimate of drug-likeness (QED) is 0.783. The molecule has 0 radical (unpaired) electrons. The Morgan fingerprint density at radius 1 is 1.21 bits per heavy atom. The number of amides is 2. The highest BCUT2D eigenvalue weighted by atomic mass is 19.1. The maximum Gasteiger partial charge on any atom is 0.315 e. The second-order valence-electron chi connectivity index (χ2n) is 4.96. The first-order valence-corrected chi connectivity index (χ1v) is 6.60. The van der Waals surface area contributed by atoms with E-state index in [-0.39, 0.29) is 24.0 Å². The summed E-state index contributed by atoms with van der Waals surface area (Å²) in [5.74, 6) is -0.283. The molecule has 0 heterocycles. The Hall–Kier alpha value is -1.62. The lowest BCUT2D eigenvalue weighted by atomic mass is 9.93. The maximum atomic E-state index is 12.7. The molecule has 0 aromatic heterocycles. The number of nitrogens with one attached hydrogen (secondary N) is 2. The highest BCUT2D eigenvalue weighted by Crippen LogP contribution is 2.18. The van der Waals surface area contributed by atoms with Crippen LogP contribution in [0.4, 0.5) is 9.18 Å². The van der Waals surface area contributed by atoms with E-state index in [0.29, 0.717) is 6.54 Å². The van der Waals surface area contributed by atoms with Crippen molar-refractivity contribution >= 4 is 6.03 Å². The number of carbonyl (C=O) groups excluding carboxylic acids is 1. The van der Waals surface area contributed by atoms with Gasteiger partial charge in [0.1, 0.15) is 5.82 Å². The molecule has 3 N–H and O–H groups in total. The number of urea groups is 1. The minimum Gasteiger partial charge on any atom is -0.393 e. The number of benzene rings is 1. The molecule has 1 fully saturated rings. The highest BCUT2D eigenvalue weighted by molar-refractivity contribution is 5.74. The summed E-state index contributed by atoms with van der Waals surface area (Å²) in [5, 5.41) is 15.0. The lowest BCUT2D eigenvalue weighted by Gasteiger charge is -2.26. The van der Waals surface area contributed by atoms with E-state index in [1.807, 2.05) is 0 Å². The van der Waals surface area contributed by atoms with Crippen LogP contribution < -0.4 is 10.6 Å². The zero-order valence-corrected chi connectivity index (χ0v) is 10.7. The molecule has 1 aromatic rings. The van der Waals surface area contributed by atoms with E-state index in [4.69, 9.17) is 0 Å². The molecule has 5 heteroatoms. The van der Waals surface area contributed by atoms with Crippen LogP contribution in [0.15, 0.2) is 24.3 Å². The first-order chi connectivity index (χ1) is 9.13. The van der Waals surface area contributed by atoms with Crippen LogP contribution in [-0.4, -0.2) is 23.3 Å². The third-order valence-corrected chi connectivity index (χ3v) is 3.40. The smallest absolute Gasteiger partial charge is 0.315 e. The molecule has 2 rings (SSSR count). The topological polar surface area (TPSA) is 61.4 Å². The number of hydrogen-bond donors (Lipinski definition) is 3. The van der Waals surface area contributed by atoms with Crippen molar-refractivity contribution in [3.63, 3.8) is 0 Å². The van der Waals surface area contributed by atoms with Crippen molar-refractivity contribution in [1.29, 1.82) is 0 Å². The summed E-state index contributed by atoms with van der Waals surface area (Å²) in [6.45, 7) is 0.376. The van der Waals surface area contributed by atoms with E-state index >= 15 is 0 Å². The third kappa shape index (κ3) is 4.52. The van der Waals surface area contributed by atoms with E-state index in [2.05, 4.69) is 10.6 Å². The van der Waals surface area contributed by atoms with Gasteiger partial charge in [0.15, 0.2) is 0 Å². The number of halogens is 1. The van der Waals surface area contributed by atoms with Gasteiger partial charge in [0.05, 0.1) is 6.10 Å². The maximum absolute atomic E-state index is 12.7. The van der Waals surface area contributed by atoms with Crippen LogP contribution in [0.5, 0.6) is 0 Å². The summed E-state index contributed by atoms with van der Waals surface area (Å²) in [6, 6.07) is 5.95. The van der Waals surface area contributed by atoms with Crippen LogP contribution in [0.3, 0.4) is 0 Å². The molecule has 0 bridgehead atoms. The van der Waals surface area contributed by atoms with Crippen molar-refractivity contribution in [3.05, 3.63) is 35.6 Å². The van der Waals surface area contributed by atoms with E-state index in [1.54, 1.807) is 12.1 Å². The van der Waals surface area contributed by atoms with Gasteiger partial charge in [0.25, 0.3) is 0 Å². The van der Waals surface area contributed by atoms with E-state index in [0.717, 1.165) is 31.2 Å². The van der Waals surface area contributed by atoms with Crippen LogP contribution >= 0.6 is 0 Å². The lowest BCUT2D eigenvalue weighted by Crippen LogP contribution is -2.43. The largest absolute Gasteiger partial charge is 0.393 e. The van der Waals surface area contributed by atoms with Crippen LogP contribution in [0, 0.1) is 5.82 Å². The fourth-order valence-electron chi connectivity index (χ4n) is 2.24. The van der Waals surface area contributed by atoms with E-state index < -0.39 is 0 Å². The van der Waals surface area contributed by atoms with E-state index in [9.17, 15) is 14.3 Å². The monoisotopic (exact) mass is 266 g/mol. The zero-order valence-electron chi connectivity index (χ0n) is 10.7. The molecule has 19 heavy (non-hydrogen) atoms. The second-order valence-corrected chi connectivity index (χ2v) is 4.96. The van der Waals surface area contributed by atoms with Gasteiger partial charge in [-0.25, -0.2) is 9.18 Å². The minimum atomic E-state index is -0.283. The first kappa shape index (κ1) is 13.8. The van der Waals surface area contributed by atoms with Gasteiger partial charge in [-0.2, -0.15) is 0 Å². The van der Waals surface area contributed by atoms with Crippen LogP contribution in [-0.2, 0) is 6.54 Å². The number of aliphatic hydroxyl groups is 1. The number of rotatable bonds is 3. The minimum absolute atomic E-state index is 0.136. The van der Waals surface area contributed by atoms with Gasteiger partial charge in [0, 0.05) is 12.6 Å². The summed E-state index contributed by atoms with van der Waals surface area (Å²) in [7, 11) is 0. The molecule has 1 aliphatic rings. The molecule has 1 aromatic carbocycles. The van der Waals surface area contributed by atoms with Gasteiger partial charge >= 0.3 is 6.03 Å². The molecule has 0 atom stereocenters. The summed E-state index contributed by atoms with van der Waals surface area (Å²) >= 11 is 0. The summed E-state index contributed by atoms with van der Waals surface area (Å²) in [6.07, 6.45) is 2.88. The van der Waals surface area contributed by atoms with Gasteiger partial charge < -0.3 is 15.7 Å². The molecule has 0 spiro atoms. The van der Waals surface area contributed by atoms with Crippen molar-refractivity contribution in [2.24, 2.45) is 0 Å². The molecular weight excluding hydrogens is 247 g/mol. The molecule has 1 saturated carbocycles. The summed E-state index contributed by atoms with van der Waals surface area (Å²) in [5.41, 5.74) is 0.857. The van der Waals surface area contributed by atoms with Crippen molar-refractivity contribution in [1.82, 2.24) is 10.6 Å². The molecule has 4 nitrogen and oxygen atoms in total. The number of carbonyl (C=O) groups is 1. The lowest BCUT2D eigenvalue weighted by molar-refractivity contribution is 0.117. The standard InChI is InChI=1S/C14H19FN2O2/c15-11-3-1-10(2-4-11)9-16-14(19)17-12-5-7-13(18)8-6-12/h1-4,12-13,18H,5-9H2,(H2,16,17,19). The number of hydrogen-bond acceptors (Lipinski definition) is 2. The molecule has 0 unspecified atom stereocenters. The Bertz CT molecular complexity index is 414. The average molecular weight is 266 g/mol. The Balaban J connectivity index is 1.71. The predicted molar refractivity (Wildman–Crippen MR) is 70.0 cm³/mol. The molecule has 0 aliphatic heterocycles. The second kappa shape index (κ2) is 6.52. The van der Waals surface area contributed by atoms with Crippen molar-refractivity contribution in [2.75, 3.05) is 0 Å². The van der Waals surface area contributed by atoms with Gasteiger partial charge in [-0.3, -0.25) is 0 Å². The average Bonchev–Trinajstić information content (AvgIpc) is 2.41. The van der Waals surface area contributed by atoms with Crippen molar-refractivity contribution < 1.29 is 14.3 Å². The molecule has 0 saturated heterocycles. The zero-order chi connectivity index (χ0) is 13.7. The van der Waals surface area contributed by atoms with Gasteiger partial charge in [-0.1, -0.05) is 12.1 Å². The Morgan fingerprint density at radius 3 is 2.47 bits per heavy atom. The van der Waals surface area contributed by atoms with Crippen LogP contribution in [0.2, 0.25) is 0 Å². The Labute approximate surface area is 112 Å². The van der Waals surface area contributed by atoms with Gasteiger partial charge in [-0.05, 0) is 43.4 Å². The van der Waals surface area contributed by atoms with Gasteiger partial charge in [-0.15, -0.1) is 0 Å². The fraction of sp³-hybridized carbons (Fsp3) is 0.500. The van der Waals surface area contributed by atoms with Gasteiger partial charge in [0.2, 0.25) is 0 Å². The normalized spacial score (nSPS) is 22.8. The third-order valence-electron chi connectivity index (χ3n) is 3.40. The van der Waals surface area contributed by atoms with Crippen molar-refractivity contribution in [3.8, 4) is 0 Å². The Kier molecular flexibility index (Phi) is 4.74. The Morgan fingerprint density at radius 2 is 1.84 bits per heavy atom. The van der Waals surface area contributed by atoms with Crippen LogP contribution in [0.1, 0.15) is 31.2 Å². The molecule has 104 valence electrons. The molecule has 2 amide bonds. The molecule has 1 aliphatic carbocycles. The number of aliphatic hydroxyl groups excluding tert-OH is 1. The van der Waals surface area contributed by atoms with Crippen molar-refractivity contribution in [2.45, 2.75) is 44.4 Å². The summed E-state index contributed by atoms with van der Waals surface area (Å²) in [4.78, 5) is 11.7. The van der Waals surface area contributed by atoms with Crippen LogP contribution in [0.25, 0.3) is 0 Å². The van der Waals surface area contributed by atoms with E-state index in [1.165, 1.54) is 12.1 Å². The summed E-state index contributed by atoms with van der Waals surface area (Å²) < 4.78 is 12.7. The highest BCUT2D eigenvalue weighted by Gasteiger charge is 2.20. The SMILES string of the molecule is O=C(NCc1ccc(F)cc1)NC1CCC(O)CC1. The predicted octanol–water partition coefficient (Wildman–Crippen LogP) is 1.93. The fourth-order valence-corrected chi connectivity index (χ4v) is 2.24. The first-order valence-electron chi connectivity index (χ1n) is 6.60. The molecular formula is C14H19FN2O2.